The number of rotatable bonds is 2. The molecule has 0 aliphatic rings. The minimum absolute atomic E-state index is 0.146. The molecule has 0 fully saturated rings. The topological polar surface area (TPSA) is 17.1 Å². The molecule has 0 saturated carbocycles. The lowest BCUT2D eigenvalue weighted by Gasteiger charge is -2.13. The number of aryl methyl sites for hydroxylation is 2. The second-order valence-corrected chi connectivity index (χ2v) is 5.26. The van der Waals surface area contributed by atoms with Crippen LogP contribution in [0.4, 0.5) is 0 Å². The molecule has 0 unspecified atom stereocenters. The highest BCUT2D eigenvalue weighted by Gasteiger charge is 2.17. The first-order chi connectivity index (χ1) is 8.02. The summed E-state index contributed by atoms with van der Waals surface area (Å²) in [5, 5.41) is 3.86. The van der Waals surface area contributed by atoms with Crippen molar-refractivity contribution in [3.8, 4) is 0 Å². The molecule has 0 aliphatic heterocycles. The lowest BCUT2D eigenvalue weighted by atomic mass is 9.90. The minimum Gasteiger partial charge on any atom is -0.289 e. The molecule has 1 aromatic heterocycles. The standard InChI is InChI=1S/C15H16OS/c1-9-7-10(2)12(4)14(11(9)3)15(16)13-5-6-17-8-13/h5-8H,1-4H3. The molecule has 0 radical (unpaired) electrons. The third-order valence-corrected chi connectivity index (χ3v) is 4.06. The highest BCUT2D eigenvalue weighted by atomic mass is 32.1. The number of ketones is 1. The molecule has 1 nitrogen and oxygen atoms in total. The average Bonchev–Trinajstić information content (AvgIpc) is 2.80. The molecule has 1 heterocycles. The van der Waals surface area contributed by atoms with E-state index in [-0.39, 0.29) is 5.78 Å². The third-order valence-electron chi connectivity index (χ3n) is 3.38. The molecular formula is C15H16OS. The summed E-state index contributed by atoms with van der Waals surface area (Å²) in [5.74, 6) is 0.146. The normalized spacial score (nSPS) is 10.6. The van der Waals surface area contributed by atoms with E-state index < -0.39 is 0 Å². The smallest absolute Gasteiger partial charge is 0.194 e. The van der Waals surface area contributed by atoms with Crippen molar-refractivity contribution in [3.05, 3.63) is 56.3 Å². The van der Waals surface area contributed by atoms with Crippen LogP contribution < -0.4 is 0 Å². The van der Waals surface area contributed by atoms with Crippen LogP contribution in [0.3, 0.4) is 0 Å². The van der Waals surface area contributed by atoms with Gasteiger partial charge in [0.1, 0.15) is 0 Å². The molecule has 1 aromatic carbocycles. The third kappa shape index (κ3) is 2.05. The fourth-order valence-corrected chi connectivity index (χ4v) is 2.73. The van der Waals surface area contributed by atoms with Gasteiger partial charge in [-0.15, -0.1) is 0 Å². The van der Waals surface area contributed by atoms with Gasteiger partial charge in [-0.3, -0.25) is 4.79 Å². The SMILES string of the molecule is Cc1cc(C)c(C)c(C(=O)c2ccsc2)c1C. The summed E-state index contributed by atoms with van der Waals surface area (Å²) in [6.07, 6.45) is 0. The van der Waals surface area contributed by atoms with Crippen LogP contribution in [0, 0.1) is 27.7 Å². The van der Waals surface area contributed by atoms with Gasteiger partial charge in [-0.1, -0.05) is 6.07 Å². The van der Waals surface area contributed by atoms with Gasteiger partial charge in [-0.05, 0) is 61.4 Å². The molecular weight excluding hydrogens is 228 g/mol. The first kappa shape index (κ1) is 12.1. The van der Waals surface area contributed by atoms with Crippen molar-refractivity contribution in [3.63, 3.8) is 0 Å². The number of hydrogen-bond donors (Lipinski definition) is 0. The fraction of sp³-hybridized carbons (Fsp3) is 0.267. The van der Waals surface area contributed by atoms with E-state index in [1.807, 2.05) is 30.7 Å². The van der Waals surface area contributed by atoms with Crippen molar-refractivity contribution in [1.82, 2.24) is 0 Å². The van der Waals surface area contributed by atoms with Gasteiger partial charge in [0, 0.05) is 16.5 Å². The molecule has 0 spiro atoms. The predicted molar refractivity (Wildman–Crippen MR) is 73.1 cm³/mol. The second kappa shape index (κ2) is 4.46. The molecule has 0 N–H and O–H groups in total. The highest BCUT2D eigenvalue weighted by Crippen LogP contribution is 2.25. The average molecular weight is 244 g/mol. The van der Waals surface area contributed by atoms with Crippen LogP contribution >= 0.6 is 11.3 Å². The molecule has 0 amide bonds. The van der Waals surface area contributed by atoms with Crippen molar-refractivity contribution in [2.75, 3.05) is 0 Å². The summed E-state index contributed by atoms with van der Waals surface area (Å²) < 4.78 is 0. The summed E-state index contributed by atoms with van der Waals surface area (Å²) in [6.45, 7) is 8.18. The Morgan fingerprint density at radius 1 is 1.06 bits per heavy atom. The molecule has 2 heteroatoms. The number of thiophene rings is 1. The van der Waals surface area contributed by atoms with Crippen LogP contribution in [-0.4, -0.2) is 5.78 Å². The fourth-order valence-electron chi connectivity index (χ4n) is 2.10. The number of carbonyl (C=O) groups excluding carboxylic acids is 1. The highest BCUT2D eigenvalue weighted by molar-refractivity contribution is 7.08. The van der Waals surface area contributed by atoms with E-state index in [1.54, 1.807) is 11.3 Å². The summed E-state index contributed by atoms with van der Waals surface area (Å²) in [4.78, 5) is 12.5. The predicted octanol–water partition coefficient (Wildman–Crippen LogP) is 4.21. The van der Waals surface area contributed by atoms with Crippen molar-refractivity contribution < 1.29 is 4.79 Å². The largest absolute Gasteiger partial charge is 0.289 e. The minimum atomic E-state index is 0.146. The van der Waals surface area contributed by atoms with Crippen molar-refractivity contribution >= 4 is 17.1 Å². The molecule has 17 heavy (non-hydrogen) atoms. The Kier molecular flexibility index (Phi) is 3.16. The molecule has 0 atom stereocenters. The van der Waals surface area contributed by atoms with Crippen LogP contribution in [0.2, 0.25) is 0 Å². The van der Waals surface area contributed by atoms with Gasteiger partial charge in [0.05, 0.1) is 0 Å². The van der Waals surface area contributed by atoms with Crippen LogP contribution in [0.5, 0.6) is 0 Å². The Bertz CT molecular complexity index is 539. The first-order valence-corrected chi connectivity index (χ1v) is 6.61. The van der Waals surface area contributed by atoms with Gasteiger partial charge in [-0.2, -0.15) is 11.3 Å². The van der Waals surface area contributed by atoms with Crippen molar-refractivity contribution in [2.24, 2.45) is 0 Å². The second-order valence-electron chi connectivity index (χ2n) is 4.48. The summed E-state index contributed by atoms with van der Waals surface area (Å²) in [6, 6.07) is 4.04. The molecule has 88 valence electrons. The molecule has 0 bridgehead atoms. The van der Waals surface area contributed by atoms with E-state index >= 15 is 0 Å². The van der Waals surface area contributed by atoms with Crippen LogP contribution in [0.25, 0.3) is 0 Å². The van der Waals surface area contributed by atoms with E-state index in [4.69, 9.17) is 0 Å². The summed E-state index contributed by atoms with van der Waals surface area (Å²) >= 11 is 1.56. The number of benzene rings is 1. The Morgan fingerprint density at radius 2 is 1.65 bits per heavy atom. The van der Waals surface area contributed by atoms with Gasteiger partial charge in [0.15, 0.2) is 5.78 Å². The summed E-state index contributed by atoms with van der Waals surface area (Å²) in [5.41, 5.74) is 6.25. The van der Waals surface area contributed by atoms with Crippen molar-refractivity contribution in [2.45, 2.75) is 27.7 Å². The zero-order valence-corrected chi connectivity index (χ0v) is 11.4. The zero-order valence-electron chi connectivity index (χ0n) is 10.6. The van der Waals surface area contributed by atoms with Gasteiger partial charge in [-0.25, -0.2) is 0 Å². The maximum atomic E-state index is 12.5. The molecule has 2 rings (SSSR count). The van der Waals surface area contributed by atoms with E-state index in [0.29, 0.717) is 0 Å². The van der Waals surface area contributed by atoms with E-state index in [0.717, 1.165) is 22.3 Å². The van der Waals surface area contributed by atoms with Gasteiger partial charge >= 0.3 is 0 Å². The maximum Gasteiger partial charge on any atom is 0.194 e. The molecule has 0 aliphatic carbocycles. The lowest BCUT2D eigenvalue weighted by molar-refractivity contribution is 0.103. The van der Waals surface area contributed by atoms with Crippen molar-refractivity contribution in [1.29, 1.82) is 0 Å². The Labute approximate surface area is 106 Å². The Morgan fingerprint density at radius 3 is 2.12 bits per heavy atom. The van der Waals surface area contributed by atoms with E-state index in [1.165, 1.54) is 11.1 Å². The van der Waals surface area contributed by atoms with Crippen LogP contribution in [0.15, 0.2) is 22.9 Å². The molecule has 2 aromatic rings. The monoisotopic (exact) mass is 244 g/mol. The zero-order chi connectivity index (χ0) is 12.6. The summed E-state index contributed by atoms with van der Waals surface area (Å²) in [7, 11) is 0. The van der Waals surface area contributed by atoms with E-state index in [9.17, 15) is 4.79 Å². The number of hydrogen-bond acceptors (Lipinski definition) is 2. The van der Waals surface area contributed by atoms with Crippen LogP contribution in [0.1, 0.15) is 38.2 Å². The lowest BCUT2D eigenvalue weighted by Crippen LogP contribution is -2.08. The quantitative estimate of drug-likeness (QED) is 0.723. The van der Waals surface area contributed by atoms with Gasteiger partial charge in [0.2, 0.25) is 0 Å². The Hall–Kier alpha value is -1.41. The maximum absolute atomic E-state index is 12.5. The number of carbonyl (C=O) groups is 1. The van der Waals surface area contributed by atoms with Gasteiger partial charge in [0.25, 0.3) is 0 Å². The Balaban J connectivity index is 2.63. The van der Waals surface area contributed by atoms with Crippen LogP contribution in [-0.2, 0) is 0 Å². The van der Waals surface area contributed by atoms with E-state index in [2.05, 4.69) is 19.9 Å². The van der Waals surface area contributed by atoms with Gasteiger partial charge < -0.3 is 0 Å². The first-order valence-electron chi connectivity index (χ1n) is 5.66. The molecule has 0 saturated heterocycles.